The SMILES string of the molecule is C[C@@H]1O[C@@H](OCC#Cc2c(-c3ccccc3)sc3ccccc23)CC[C@H]1OC=O. The van der Waals surface area contributed by atoms with Gasteiger partial charge in [-0.2, -0.15) is 0 Å². The molecule has 3 aromatic rings. The Labute approximate surface area is 174 Å². The van der Waals surface area contributed by atoms with Crippen LogP contribution in [0.15, 0.2) is 54.6 Å². The van der Waals surface area contributed by atoms with Crippen LogP contribution >= 0.6 is 11.3 Å². The summed E-state index contributed by atoms with van der Waals surface area (Å²) < 4.78 is 17.8. The molecule has 29 heavy (non-hydrogen) atoms. The molecule has 1 aliphatic heterocycles. The third-order valence-corrected chi connectivity index (χ3v) is 6.21. The first-order chi connectivity index (χ1) is 14.3. The summed E-state index contributed by atoms with van der Waals surface area (Å²) in [4.78, 5) is 11.7. The van der Waals surface area contributed by atoms with Gasteiger partial charge in [-0.15, -0.1) is 11.3 Å². The number of fused-ring (bicyclic) bond motifs is 1. The number of hydrogen-bond donors (Lipinski definition) is 0. The molecule has 5 heteroatoms. The molecule has 3 atom stereocenters. The van der Waals surface area contributed by atoms with Gasteiger partial charge >= 0.3 is 0 Å². The molecule has 4 rings (SSSR count). The average Bonchev–Trinajstić information content (AvgIpc) is 3.12. The fraction of sp³-hybridized carbons (Fsp3) is 0.292. The highest BCUT2D eigenvalue weighted by molar-refractivity contribution is 7.22. The van der Waals surface area contributed by atoms with E-state index in [1.54, 1.807) is 11.3 Å². The Kier molecular flexibility index (Phi) is 6.26. The van der Waals surface area contributed by atoms with Gasteiger partial charge in [0.2, 0.25) is 0 Å². The van der Waals surface area contributed by atoms with Crippen molar-refractivity contribution in [2.24, 2.45) is 0 Å². The second kappa shape index (κ2) is 9.23. The summed E-state index contributed by atoms with van der Waals surface area (Å²) >= 11 is 1.76. The third-order valence-electron chi connectivity index (χ3n) is 4.99. The lowest BCUT2D eigenvalue weighted by molar-refractivity contribution is -0.217. The molecule has 0 bridgehead atoms. The monoisotopic (exact) mass is 406 g/mol. The lowest BCUT2D eigenvalue weighted by Crippen LogP contribution is -2.39. The maximum Gasteiger partial charge on any atom is 0.293 e. The number of rotatable bonds is 5. The molecule has 0 spiro atoms. The number of ether oxygens (including phenoxy) is 3. The summed E-state index contributed by atoms with van der Waals surface area (Å²) in [5, 5.41) is 1.17. The van der Waals surface area contributed by atoms with Gasteiger partial charge in [-0.3, -0.25) is 4.79 Å². The topological polar surface area (TPSA) is 44.8 Å². The number of benzene rings is 2. The maximum absolute atomic E-state index is 10.5. The van der Waals surface area contributed by atoms with Gasteiger partial charge in [-0.25, -0.2) is 0 Å². The van der Waals surface area contributed by atoms with Crippen molar-refractivity contribution in [2.75, 3.05) is 6.61 Å². The molecule has 148 valence electrons. The lowest BCUT2D eigenvalue weighted by Gasteiger charge is -2.32. The van der Waals surface area contributed by atoms with E-state index in [-0.39, 0.29) is 25.1 Å². The summed E-state index contributed by atoms with van der Waals surface area (Å²) in [7, 11) is 0. The van der Waals surface area contributed by atoms with Gasteiger partial charge in [-0.05, 0) is 25.0 Å². The number of carbonyl (C=O) groups is 1. The van der Waals surface area contributed by atoms with Crippen LogP contribution in [0.1, 0.15) is 25.3 Å². The van der Waals surface area contributed by atoms with Crippen LogP contribution in [0.4, 0.5) is 0 Å². The van der Waals surface area contributed by atoms with Crippen LogP contribution in [-0.4, -0.2) is 31.6 Å². The zero-order chi connectivity index (χ0) is 20.1. The van der Waals surface area contributed by atoms with Crippen molar-refractivity contribution in [3.63, 3.8) is 0 Å². The smallest absolute Gasteiger partial charge is 0.293 e. The normalized spacial score (nSPS) is 21.3. The van der Waals surface area contributed by atoms with Crippen LogP contribution in [0.2, 0.25) is 0 Å². The Morgan fingerprint density at radius 3 is 2.72 bits per heavy atom. The van der Waals surface area contributed by atoms with E-state index in [1.807, 2.05) is 31.2 Å². The van der Waals surface area contributed by atoms with Crippen LogP contribution in [0, 0.1) is 11.8 Å². The standard InChI is InChI=1S/C24H22O4S/c1-17-21(27-16-25)13-14-23(28-17)26-15-7-11-20-19-10-5-6-12-22(19)29-24(20)18-8-3-2-4-9-18/h2-6,8-10,12,16-17,21,23H,13-15H2,1H3/t17-,21+,23+/m0/s1. The summed E-state index contributed by atoms with van der Waals surface area (Å²) in [5.74, 6) is 6.48. The minimum Gasteiger partial charge on any atom is -0.462 e. The van der Waals surface area contributed by atoms with Gasteiger partial charge in [0, 0.05) is 16.5 Å². The molecule has 0 radical (unpaired) electrons. The van der Waals surface area contributed by atoms with E-state index in [4.69, 9.17) is 14.2 Å². The molecule has 2 aromatic carbocycles. The van der Waals surface area contributed by atoms with E-state index in [2.05, 4.69) is 42.2 Å². The van der Waals surface area contributed by atoms with Crippen molar-refractivity contribution in [1.29, 1.82) is 0 Å². The summed E-state index contributed by atoms with van der Waals surface area (Å²) in [6.07, 6.45) is 0.701. The fourth-order valence-electron chi connectivity index (χ4n) is 3.52. The first-order valence-electron chi connectivity index (χ1n) is 9.68. The van der Waals surface area contributed by atoms with Crippen LogP contribution < -0.4 is 0 Å². The van der Waals surface area contributed by atoms with Crippen molar-refractivity contribution in [2.45, 2.75) is 38.3 Å². The molecule has 0 aliphatic carbocycles. The quantitative estimate of drug-likeness (QED) is 0.442. The van der Waals surface area contributed by atoms with Crippen LogP contribution in [0.25, 0.3) is 20.5 Å². The van der Waals surface area contributed by atoms with Gasteiger partial charge in [-0.1, -0.05) is 60.4 Å². The van der Waals surface area contributed by atoms with E-state index < -0.39 is 0 Å². The van der Waals surface area contributed by atoms with E-state index in [9.17, 15) is 4.79 Å². The predicted molar refractivity (Wildman–Crippen MR) is 115 cm³/mol. The Morgan fingerprint density at radius 1 is 1.14 bits per heavy atom. The van der Waals surface area contributed by atoms with E-state index in [0.717, 1.165) is 12.0 Å². The third kappa shape index (κ3) is 4.51. The van der Waals surface area contributed by atoms with Crippen LogP contribution in [-0.2, 0) is 19.0 Å². The first kappa shape index (κ1) is 19.7. The second-order valence-corrected chi connectivity index (χ2v) is 7.95. The number of carbonyl (C=O) groups excluding carboxylic acids is 1. The zero-order valence-corrected chi connectivity index (χ0v) is 17.0. The van der Waals surface area contributed by atoms with Gasteiger partial charge in [0.05, 0.1) is 16.5 Å². The maximum atomic E-state index is 10.5. The molecule has 2 heterocycles. The zero-order valence-electron chi connectivity index (χ0n) is 16.2. The van der Waals surface area contributed by atoms with Crippen molar-refractivity contribution < 1.29 is 19.0 Å². The Morgan fingerprint density at radius 2 is 1.93 bits per heavy atom. The molecular weight excluding hydrogens is 384 g/mol. The molecule has 1 aromatic heterocycles. The number of hydrogen-bond acceptors (Lipinski definition) is 5. The predicted octanol–water partition coefficient (Wildman–Crippen LogP) is 5.00. The fourth-order valence-corrected chi connectivity index (χ4v) is 4.69. The molecular formula is C24H22O4S. The summed E-state index contributed by atoms with van der Waals surface area (Å²) in [6.45, 7) is 2.65. The van der Waals surface area contributed by atoms with Gasteiger partial charge in [0.15, 0.2) is 6.29 Å². The lowest BCUT2D eigenvalue weighted by atomic mass is 10.1. The highest BCUT2D eigenvalue weighted by Gasteiger charge is 2.29. The molecule has 1 fully saturated rings. The van der Waals surface area contributed by atoms with Gasteiger partial charge in [0.25, 0.3) is 6.47 Å². The molecule has 0 N–H and O–H groups in total. The molecule has 1 aliphatic rings. The second-order valence-electron chi connectivity index (χ2n) is 6.90. The van der Waals surface area contributed by atoms with Crippen molar-refractivity contribution in [1.82, 2.24) is 0 Å². The summed E-state index contributed by atoms with van der Waals surface area (Å²) in [6, 6.07) is 18.7. The molecule has 1 saturated heterocycles. The van der Waals surface area contributed by atoms with Crippen molar-refractivity contribution >= 4 is 27.9 Å². The van der Waals surface area contributed by atoms with Crippen LogP contribution in [0.5, 0.6) is 0 Å². The Balaban J connectivity index is 1.48. The largest absolute Gasteiger partial charge is 0.462 e. The Bertz CT molecular complexity index is 1030. The van der Waals surface area contributed by atoms with Crippen LogP contribution in [0.3, 0.4) is 0 Å². The highest BCUT2D eigenvalue weighted by Crippen LogP contribution is 2.37. The van der Waals surface area contributed by atoms with Gasteiger partial charge < -0.3 is 14.2 Å². The van der Waals surface area contributed by atoms with Crippen molar-refractivity contribution in [3.8, 4) is 22.3 Å². The van der Waals surface area contributed by atoms with Gasteiger partial charge in [0.1, 0.15) is 12.7 Å². The average molecular weight is 407 g/mol. The minimum atomic E-state index is -0.321. The molecule has 4 nitrogen and oxygen atoms in total. The highest BCUT2D eigenvalue weighted by atomic mass is 32.1. The first-order valence-corrected chi connectivity index (χ1v) is 10.5. The molecule has 0 saturated carbocycles. The molecule has 0 amide bonds. The van der Waals surface area contributed by atoms with E-state index in [1.165, 1.54) is 20.5 Å². The van der Waals surface area contributed by atoms with Crippen molar-refractivity contribution in [3.05, 3.63) is 60.2 Å². The Hall–Kier alpha value is -2.65. The summed E-state index contributed by atoms with van der Waals surface area (Å²) in [5.41, 5.74) is 2.21. The van der Waals surface area contributed by atoms with E-state index in [0.29, 0.717) is 12.9 Å². The molecule has 0 unspecified atom stereocenters. The number of thiophene rings is 1. The minimum absolute atomic E-state index is 0.183. The van der Waals surface area contributed by atoms with E-state index >= 15 is 0 Å².